The van der Waals surface area contributed by atoms with E-state index in [2.05, 4.69) is 25.6 Å². The van der Waals surface area contributed by atoms with Crippen LogP contribution < -0.4 is 4.72 Å². The molecule has 7 heteroatoms. The fourth-order valence-corrected chi connectivity index (χ4v) is 3.23. The molecule has 106 valence electrons. The van der Waals surface area contributed by atoms with Gasteiger partial charge in [0.1, 0.15) is 10.7 Å². The number of aromatic nitrogens is 1. The molecule has 0 aliphatic carbocycles. The molecule has 0 saturated heterocycles. The molecule has 2 aromatic rings. The fourth-order valence-electron chi connectivity index (χ4n) is 1.64. The Kier molecular flexibility index (Phi) is 4.10. The second-order valence-electron chi connectivity index (χ2n) is 4.28. The summed E-state index contributed by atoms with van der Waals surface area (Å²) in [5, 5.41) is 0. The molecule has 0 aliphatic rings. The first kappa shape index (κ1) is 14.9. The van der Waals surface area contributed by atoms with Crippen molar-refractivity contribution in [3.8, 4) is 0 Å². The van der Waals surface area contributed by atoms with Gasteiger partial charge in [-0.25, -0.2) is 12.8 Å². The van der Waals surface area contributed by atoms with Crippen molar-refractivity contribution in [3.05, 3.63) is 52.0 Å². The first-order valence-corrected chi connectivity index (χ1v) is 7.99. The van der Waals surface area contributed by atoms with Crippen LogP contribution in [0.25, 0.3) is 0 Å². The molecule has 0 fully saturated rings. The molecule has 1 aromatic carbocycles. The maximum Gasteiger partial charge on any atom is 0.264 e. The van der Waals surface area contributed by atoms with Crippen molar-refractivity contribution in [2.24, 2.45) is 0 Å². The van der Waals surface area contributed by atoms with E-state index < -0.39 is 15.8 Å². The van der Waals surface area contributed by atoms with Crippen LogP contribution in [0.5, 0.6) is 0 Å². The van der Waals surface area contributed by atoms with E-state index in [0.29, 0.717) is 15.9 Å². The zero-order chi connectivity index (χ0) is 14.9. The van der Waals surface area contributed by atoms with Crippen LogP contribution in [0.3, 0.4) is 0 Å². The zero-order valence-electron chi connectivity index (χ0n) is 10.8. The lowest BCUT2D eigenvalue weighted by Gasteiger charge is -2.11. The van der Waals surface area contributed by atoms with Gasteiger partial charge in [0.05, 0.1) is 11.4 Å². The summed E-state index contributed by atoms with van der Waals surface area (Å²) in [6.45, 7) is 3.18. The highest BCUT2D eigenvalue weighted by Gasteiger charge is 2.21. The van der Waals surface area contributed by atoms with Gasteiger partial charge in [-0.05, 0) is 47.5 Å². The standard InChI is InChI=1S/C13H12BrFN2O2S/c1-8-4-3-5-12(13(8)15)20(18,19)17-11-6-10(14)7-16-9(11)2/h3-7,17H,1-2H3. The Balaban J connectivity index is 2.46. The van der Waals surface area contributed by atoms with Crippen LogP contribution in [-0.2, 0) is 10.0 Å². The summed E-state index contributed by atoms with van der Waals surface area (Å²) in [4.78, 5) is 3.65. The highest BCUT2D eigenvalue weighted by Crippen LogP contribution is 2.24. The Morgan fingerprint density at radius 3 is 2.70 bits per heavy atom. The average Bonchev–Trinajstić information content (AvgIpc) is 2.36. The van der Waals surface area contributed by atoms with Gasteiger partial charge in [-0.15, -0.1) is 0 Å². The number of benzene rings is 1. The minimum Gasteiger partial charge on any atom is -0.278 e. The van der Waals surface area contributed by atoms with Crippen molar-refractivity contribution < 1.29 is 12.8 Å². The number of aryl methyl sites for hydroxylation is 2. The largest absolute Gasteiger partial charge is 0.278 e. The van der Waals surface area contributed by atoms with Crippen molar-refractivity contribution in [2.75, 3.05) is 4.72 Å². The number of hydrogen-bond acceptors (Lipinski definition) is 3. The summed E-state index contributed by atoms with van der Waals surface area (Å²) in [6, 6.07) is 5.82. The van der Waals surface area contributed by atoms with Gasteiger partial charge in [-0.1, -0.05) is 12.1 Å². The van der Waals surface area contributed by atoms with E-state index in [9.17, 15) is 12.8 Å². The molecule has 20 heavy (non-hydrogen) atoms. The number of sulfonamides is 1. The van der Waals surface area contributed by atoms with Gasteiger partial charge in [0.2, 0.25) is 0 Å². The lowest BCUT2D eigenvalue weighted by molar-refractivity contribution is 0.565. The molecular weight excluding hydrogens is 347 g/mol. The highest BCUT2D eigenvalue weighted by atomic mass is 79.9. The van der Waals surface area contributed by atoms with Gasteiger partial charge in [0, 0.05) is 10.7 Å². The Labute approximate surface area is 125 Å². The Hall–Kier alpha value is -1.47. The number of halogens is 2. The minimum atomic E-state index is -3.99. The quantitative estimate of drug-likeness (QED) is 0.914. The lowest BCUT2D eigenvalue weighted by Crippen LogP contribution is -2.16. The second-order valence-corrected chi connectivity index (χ2v) is 6.85. The van der Waals surface area contributed by atoms with Crippen LogP contribution >= 0.6 is 15.9 Å². The predicted molar refractivity (Wildman–Crippen MR) is 78.6 cm³/mol. The Bertz CT molecular complexity index is 763. The Morgan fingerprint density at radius 2 is 2.00 bits per heavy atom. The van der Waals surface area contributed by atoms with Crippen LogP contribution in [0.2, 0.25) is 0 Å². The van der Waals surface area contributed by atoms with Crippen molar-refractivity contribution in [1.82, 2.24) is 4.98 Å². The number of pyridine rings is 1. The minimum absolute atomic E-state index is 0.275. The van der Waals surface area contributed by atoms with Gasteiger partial charge < -0.3 is 0 Å². The summed E-state index contributed by atoms with van der Waals surface area (Å²) in [7, 11) is -3.99. The van der Waals surface area contributed by atoms with E-state index in [0.717, 1.165) is 0 Å². The normalized spacial score (nSPS) is 11.4. The van der Waals surface area contributed by atoms with E-state index in [1.807, 2.05) is 0 Å². The molecule has 0 amide bonds. The smallest absolute Gasteiger partial charge is 0.264 e. The fraction of sp³-hybridized carbons (Fsp3) is 0.154. The number of nitrogens with one attached hydrogen (secondary N) is 1. The van der Waals surface area contributed by atoms with Crippen LogP contribution in [0, 0.1) is 19.7 Å². The maximum absolute atomic E-state index is 13.9. The van der Waals surface area contributed by atoms with Crippen LogP contribution in [0.15, 0.2) is 39.8 Å². The third kappa shape index (κ3) is 2.99. The molecule has 0 bridgehead atoms. The summed E-state index contributed by atoms with van der Waals surface area (Å²) in [6.07, 6.45) is 1.56. The number of anilines is 1. The first-order chi connectivity index (χ1) is 9.31. The molecular formula is C13H12BrFN2O2S. The molecule has 4 nitrogen and oxygen atoms in total. The van der Waals surface area contributed by atoms with Gasteiger partial charge in [0.25, 0.3) is 10.0 Å². The van der Waals surface area contributed by atoms with E-state index in [4.69, 9.17) is 0 Å². The molecule has 0 aliphatic heterocycles. The van der Waals surface area contributed by atoms with E-state index in [-0.39, 0.29) is 10.5 Å². The van der Waals surface area contributed by atoms with Crippen LogP contribution in [0.1, 0.15) is 11.3 Å². The van der Waals surface area contributed by atoms with Gasteiger partial charge in [0.15, 0.2) is 0 Å². The molecule has 1 aromatic heterocycles. The third-order valence-corrected chi connectivity index (χ3v) is 4.56. The number of hydrogen-bond donors (Lipinski definition) is 1. The summed E-state index contributed by atoms with van der Waals surface area (Å²) in [5.74, 6) is -0.749. The van der Waals surface area contributed by atoms with E-state index in [1.165, 1.54) is 25.1 Å². The van der Waals surface area contributed by atoms with Crippen molar-refractivity contribution in [3.63, 3.8) is 0 Å². The topological polar surface area (TPSA) is 59.1 Å². The van der Waals surface area contributed by atoms with Crippen LogP contribution in [0.4, 0.5) is 10.1 Å². The summed E-state index contributed by atoms with van der Waals surface area (Å²) in [5.41, 5.74) is 1.09. The van der Waals surface area contributed by atoms with E-state index >= 15 is 0 Å². The summed E-state index contributed by atoms with van der Waals surface area (Å²) < 4.78 is 41.4. The predicted octanol–water partition coefficient (Wildman–Crippen LogP) is 3.40. The maximum atomic E-state index is 13.9. The molecule has 2 rings (SSSR count). The Morgan fingerprint density at radius 1 is 1.30 bits per heavy atom. The second kappa shape index (κ2) is 5.49. The molecule has 0 radical (unpaired) electrons. The highest BCUT2D eigenvalue weighted by molar-refractivity contribution is 9.10. The van der Waals surface area contributed by atoms with Crippen molar-refractivity contribution in [1.29, 1.82) is 0 Å². The third-order valence-electron chi connectivity index (χ3n) is 2.74. The molecule has 0 unspecified atom stereocenters. The lowest BCUT2D eigenvalue weighted by atomic mass is 10.2. The monoisotopic (exact) mass is 358 g/mol. The van der Waals surface area contributed by atoms with Gasteiger partial charge in [-0.2, -0.15) is 0 Å². The summed E-state index contributed by atoms with van der Waals surface area (Å²) >= 11 is 3.21. The molecule has 0 atom stereocenters. The molecule has 1 N–H and O–H groups in total. The number of nitrogens with zero attached hydrogens (tertiary/aromatic N) is 1. The molecule has 0 spiro atoms. The van der Waals surface area contributed by atoms with Gasteiger partial charge in [-0.3, -0.25) is 9.71 Å². The first-order valence-electron chi connectivity index (χ1n) is 5.71. The van der Waals surface area contributed by atoms with Crippen molar-refractivity contribution >= 4 is 31.6 Å². The van der Waals surface area contributed by atoms with Crippen LogP contribution in [-0.4, -0.2) is 13.4 Å². The van der Waals surface area contributed by atoms with E-state index in [1.54, 1.807) is 19.2 Å². The SMILES string of the molecule is Cc1cccc(S(=O)(=O)Nc2cc(Br)cnc2C)c1F. The van der Waals surface area contributed by atoms with Gasteiger partial charge >= 0.3 is 0 Å². The average molecular weight is 359 g/mol. The number of rotatable bonds is 3. The zero-order valence-corrected chi connectivity index (χ0v) is 13.2. The van der Waals surface area contributed by atoms with Crippen molar-refractivity contribution in [2.45, 2.75) is 18.7 Å². The molecule has 0 saturated carbocycles. The molecule has 1 heterocycles.